The van der Waals surface area contributed by atoms with Crippen LogP contribution >= 0.6 is 12.6 Å². The van der Waals surface area contributed by atoms with Crippen LogP contribution in [0.1, 0.15) is 20.3 Å². The van der Waals surface area contributed by atoms with Crippen molar-refractivity contribution in [3.05, 3.63) is 28.6 Å². The van der Waals surface area contributed by atoms with Crippen molar-refractivity contribution in [3.8, 4) is 0 Å². The first-order chi connectivity index (χ1) is 5.77. The zero-order valence-electron chi connectivity index (χ0n) is 7.54. The first-order valence-electron chi connectivity index (χ1n) is 4.23. The van der Waals surface area contributed by atoms with Crippen molar-refractivity contribution >= 4 is 24.8 Å². The van der Waals surface area contributed by atoms with E-state index >= 15 is 0 Å². The maximum absolute atomic E-state index is 4.30. The van der Waals surface area contributed by atoms with Gasteiger partial charge in [-0.1, -0.05) is 25.1 Å². The van der Waals surface area contributed by atoms with Gasteiger partial charge in [-0.3, -0.25) is 0 Å². The number of hydrogen-bond donors (Lipinski definition) is 1. The number of rotatable bonds is 1. The van der Waals surface area contributed by atoms with E-state index in [0.717, 1.165) is 11.3 Å². The minimum Gasteiger partial charge on any atom is -0.143 e. The molecule has 0 spiro atoms. The van der Waals surface area contributed by atoms with Gasteiger partial charge in [0.1, 0.15) is 0 Å². The van der Waals surface area contributed by atoms with E-state index in [1.807, 2.05) is 6.07 Å². The summed E-state index contributed by atoms with van der Waals surface area (Å²) in [6, 6.07) is 6.22. The van der Waals surface area contributed by atoms with Crippen molar-refractivity contribution < 1.29 is 0 Å². The van der Waals surface area contributed by atoms with Crippen molar-refractivity contribution in [3.63, 3.8) is 0 Å². The molecule has 0 heterocycles. The molecule has 0 aliphatic heterocycles. The minimum atomic E-state index is 1.03. The molecule has 0 nitrogen and oxygen atoms in total. The van der Waals surface area contributed by atoms with Gasteiger partial charge in [0.05, 0.1) is 0 Å². The summed E-state index contributed by atoms with van der Waals surface area (Å²) in [5.74, 6) is 0. The molecule has 0 bridgehead atoms. The normalized spacial score (nSPS) is 13.9. The molecule has 0 saturated heterocycles. The van der Waals surface area contributed by atoms with E-state index in [0.29, 0.717) is 0 Å². The predicted molar refractivity (Wildman–Crippen MR) is 57.8 cm³/mol. The van der Waals surface area contributed by atoms with Gasteiger partial charge in [-0.05, 0) is 35.9 Å². The molecular formula is C11H14S. The number of thiol groups is 1. The van der Waals surface area contributed by atoms with Crippen LogP contribution in [0, 0.1) is 0 Å². The second kappa shape index (κ2) is 4.36. The van der Waals surface area contributed by atoms with E-state index in [4.69, 9.17) is 0 Å². The summed E-state index contributed by atoms with van der Waals surface area (Å²) >= 11 is 4.30. The molecule has 0 fully saturated rings. The van der Waals surface area contributed by atoms with Crippen LogP contribution in [0.5, 0.6) is 0 Å². The average molecular weight is 178 g/mol. The standard InChI is InChI=1S/C11H14S/c1-3-5-10-8-11(12)7-6-9(10)4-2/h4-8,12H,3H2,1-2H3/b9-4-,10-5-. The number of benzene rings is 1. The van der Waals surface area contributed by atoms with Crippen LogP contribution in [0.25, 0.3) is 12.2 Å². The van der Waals surface area contributed by atoms with Gasteiger partial charge < -0.3 is 0 Å². The smallest absolute Gasteiger partial charge is 0.00462 e. The lowest BCUT2D eigenvalue weighted by atomic mass is 10.2. The summed E-state index contributed by atoms with van der Waals surface area (Å²) in [7, 11) is 0. The van der Waals surface area contributed by atoms with Crippen LogP contribution in [0.4, 0.5) is 0 Å². The quantitative estimate of drug-likeness (QED) is 0.624. The van der Waals surface area contributed by atoms with Crippen LogP contribution in [0.3, 0.4) is 0 Å². The molecule has 1 aromatic carbocycles. The van der Waals surface area contributed by atoms with Gasteiger partial charge in [-0.2, -0.15) is 0 Å². The summed E-state index contributed by atoms with van der Waals surface area (Å²) in [4.78, 5) is 1.03. The van der Waals surface area contributed by atoms with Crippen molar-refractivity contribution in [1.29, 1.82) is 0 Å². The zero-order valence-corrected chi connectivity index (χ0v) is 8.44. The van der Waals surface area contributed by atoms with Crippen LogP contribution in [-0.4, -0.2) is 0 Å². The Morgan fingerprint density at radius 1 is 1.33 bits per heavy atom. The van der Waals surface area contributed by atoms with Gasteiger partial charge in [-0.25, -0.2) is 0 Å². The van der Waals surface area contributed by atoms with E-state index in [1.54, 1.807) is 0 Å². The van der Waals surface area contributed by atoms with E-state index < -0.39 is 0 Å². The van der Waals surface area contributed by atoms with Crippen LogP contribution in [0.15, 0.2) is 23.1 Å². The summed E-state index contributed by atoms with van der Waals surface area (Å²) in [5, 5.41) is 2.57. The number of hydrogen-bond acceptors (Lipinski definition) is 1. The second-order valence-electron chi connectivity index (χ2n) is 2.71. The summed E-state index contributed by atoms with van der Waals surface area (Å²) < 4.78 is 0. The lowest BCUT2D eigenvalue weighted by Gasteiger charge is -1.92. The Labute approximate surface area is 79.0 Å². The highest BCUT2D eigenvalue weighted by Gasteiger charge is 1.85. The Balaban J connectivity index is 3.43. The van der Waals surface area contributed by atoms with Crippen molar-refractivity contribution in [1.82, 2.24) is 0 Å². The van der Waals surface area contributed by atoms with Gasteiger partial charge in [-0.15, -0.1) is 12.6 Å². The second-order valence-corrected chi connectivity index (χ2v) is 3.23. The highest BCUT2D eigenvalue weighted by Crippen LogP contribution is 1.96. The van der Waals surface area contributed by atoms with Gasteiger partial charge in [0.15, 0.2) is 0 Å². The fraction of sp³-hybridized carbons (Fsp3) is 0.273. The molecule has 0 aliphatic carbocycles. The van der Waals surface area contributed by atoms with Crippen molar-refractivity contribution in [2.24, 2.45) is 0 Å². The van der Waals surface area contributed by atoms with Crippen molar-refractivity contribution in [2.45, 2.75) is 25.2 Å². The first kappa shape index (κ1) is 9.40. The molecule has 0 amide bonds. The lowest BCUT2D eigenvalue weighted by molar-refractivity contribution is 1.27. The third-order valence-corrected chi connectivity index (χ3v) is 2.08. The highest BCUT2D eigenvalue weighted by molar-refractivity contribution is 7.80. The summed E-state index contributed by atoms with van der Waals surface area (Å²) in [6.45, 7) is 4.20. The SMILES string of the molecule is C/C=c1/ccc(S)c/c1=C/CC. The Morgan fingerprint density at radius 2 is 2.08 bits per heavy atom. The fourth-order valence-corrected chi connectivity index (χ4v) is 1.44. The molecule has 0 N–H and O–H groups in total. The Morgan fingerprint density at radius 3 is 2.67 bits per heavy atom. The average Bonchev–Trinajstić information content (AvgIpc) is 2.05. The summed E-state index contributed by atoms with van der Waals surface area (Å²) in [6.07, 6.45) is 5.40. The Kier molecular flexibility index (Phi) is 3.42. The van der Waals surface area contributed by atoms with Crippen LogP contribution < -0.4 is 10.4 Å². The topological polar surface area (TPSA) is 0 Å². The highest BCUT2D eigenvalue weighted by atomic mass is 32.1. The van der Waals surface area contributed by atoms with Crippen LogP contribution in [0.2, 0.25) is 0 Å². The lowest BCUT2D eigenvalue weighted by Crippen LogP contribution is -2.23. The van der Waals surface area contributed by atoms with E-state index in [1.165, 1.54) is 10.4 Å². The molecule has 0 aromatic heterocycles. The third-order valence-electron chi connectivity index (χ3n) is 1.81. The molecule has 0 aliphatic rings. The zero-order chi connectivity index (χ0) is 8.97. The van der Waals surface area contributed by atoms with Crippen molar-refractivity contribution in [2.75, 3.05) is 0 Å². The van der Waals surface area contributed by atoms with Gasteiger partial charge in [0.25, 0.3) is 0 Å². The largest absolute Gasteiger partial charge is 0.143 e. The fourth-order valence-electron chi connectivity index (χ4n) is 1.22. The molecular weight excluding hydrogens is 164 g/mol. The third kappa shape index (κ3) is 2.15. The molecule has 1 rings (SSSR count). The maximum atomic E-state index is 4.30. The van der Waals surface area contributed by atoms with E-state index in [9.17, 15) is 0 Å². The molecule has 12 heavy (non-hydrogen) atoms. The van der Waals surface area contributed by atoms with E-state index in [-0.39, 0.29) is 0 Å². The van der Waals surface area contributed by atoms with E-state index in [2.05, 4.69) is 50.8 Å². The summed E-state index contributed by atoms with van der Waals surface area (Å²) in [5.41, 5.74) is 0. The Hall–Kier alpha value is -0.690. The molecule has 64 valence electrons. The molecule has 0 atom stereocenters. The first-order valence-corrected chi connectivity index (χ1v) is 4.68. The monoisotopic (exact) mass is 178 g/mol. The predicted octanol–water partition coefficient (Wildman–Crippen LogP) is 1.97. The van der Waals surface area contributed by atoms with Gasteiger partial charge in [0.2, 0.25) is 0 Å². The van der Waals surface area contributed by atoms with Crippen LogP contribution in [-0.2, 0) is 0 Å². The molecule has 0 radical (unpaired) electrons. The Bertz CT molecular complexity index is 363. The van der Waals surface area contributed by atoms with Gasteiger partial charge in [0, 0.05) is 4.90 Å². The molecule has 0 saturated carbocycles. The minimum absolute atomic E-state index is 1.03. The van der Waals surface area contributed by atoms with Gasteiger partial charge >= 0.3 is 0 Å². The molecule has 0 unspecified atom stereocenters. The molecule has 1 heteroatoms. The maximum Gasteiger partial charge on any atom is 0.00462 e. The molecule has 1 aromatic rings.